The third-order valence-electron chi connectivity index (χ3n) is 3.83. The summed E-state index contributed by atoms with van der Waals surface area (Å²) in [6, 6.07) is 4.60. The molecule has 1 saturated carbocycles. The van der Waals surface area contributed by atoms with Crippen LogP contribution >= 0.6 is 0 Å². The van der Waals surface area contributed by atoms with Crippen molar-refractivity contribution in [3.8, 4) is 5.82 Å². The predicted octanol–water partition coefficient (Wildman–Crippen LogP) is 1.20. The monoisotopic (exact) mass is 275 g/mol. The first-order valence-corrected chi connectivity index (χ1v) is 6.79. The quantitative estimate of drug-likeness (QED) is 0.734. The summed E-state index contributed by atoms with van der Waals surface area (Å²) in [5, 5.41) is 21.4. The van der Waals surface area contributed by atoms with E-state index in [1.807, 2.05) is 0 Å². The highest BCUT2D eigenvalue weighted by molar-refractivity contribution is 5.28. The van der Waals surface area contributed by atoms with Crippen LogP contribution in [0.3, 0.4) is 0 Å². The number of hydrogen-bond acceptors (Lipinski definition) is 4. The lowest BCUT2D eigenvalue weighted by molar-refractivity contribution is -0.0425. The van der Waals surface area contributed by atoms with E-state index in [1.165, 1.54) is 35.9 Å². The first kappa shape index (κ1) is 13.1. The van der Waals surface area contributed by atoms with Crippen molar-refractivity contribution in [2.75, 3.05) is 0 Å². The van der Waals surface area contributed by atoms with E-state index >= 15 is 0 Å². The van der Waals surface area contributed by atoms with Gasteiger partial charge in [0.2, 0.25) is 0 Å². The lowest BCUT2D eigenvalue weighted by atomic mass is 10.1. The second-order valence-corrected chi connectivity index (χ2v) is 5.19. The third kappa shape index (κ3) is 2.39. The standard InChI is InChI=1S/C14H17N3O3/c18-13-8-11(9-3-1-2-4-9)16-17(13)12-7-10(14(19)20)5-6-15-12/h5-9,14,16,19-20H,1-4H2. The molecule has 6 nitrogen and oxygen atoms in total. The van der Waals surface area contributed by atoms with Gasteiger partial charge in [-0.15, -0.1) is 0 Å². The van der Waals surface area contributed by atoms with Gasteiger partial charge in [0.15, 0.2) is 12.1 Å². The van der Waals surface area contributed by atoms with Gasteiger partial charge in [0, 0.05) is 29.4 Å². The lowest BCUT2D eigenvalue weighted by Crippen LogP contribution is -2.15. The Kier molecular flexibility index (Phi) is 3.42. The van der Waals surface area contributed by atoms with Crippen molar-refractivity contribution in [3.63, 3.8) is 0 Å². The molecule has 0 atom stereocenters. The molecule has 0 amide bonds. The van der Waals surface area contributed by atoms with E-state index in [4.69, 9.17) is 0 Å². The van der Waals surface area contributed by atoms with Gasteiger partial charge in [-0.3, -0.25) is 9.89 Å². The number of aliphatic hydroxyl groups excluding tert-OH is 1. The van der Waals surface area contributed by atoms with E-state index < -0.39 is 6.29 Å². The Labute approximate surface area is 115 Å². The average molecular weight is 275 g/mol. The Hall–Kier alpha value is -1.92. The fourth-order valence-electron chi connectivity index (χ4n) is 2.75. The van der Waals surface area contributed by atoms with Crippen molar-refractivity contribution in [1.82, 2.24) is 14.8 Å². The van der Waals surface area contributed by atoms with Crippen molar-refractivity contribution in [2.45, 2.75) is 37.9 Å². The summed E-state index contributed by atoms with van der Waals surface area (Å²) in [6.07, 6.45) is 4.47. The smallest absolute Gasteiger partial charge is 0.272 e. The van der Waals surface area contributed by atoms with E-state index in [-0.39, 0.29) is 5.56 Å². The van der Waals surface area contributed by atoms with E-state index in [9.17, 15) is 15.0 Å². The number of hydrogen-bond donors (Lipinski definition) is 3. The average Bonchev–Trinajstić information content (AvgIpc) is 3.07. The largest absolute Gasteiger partial charge is 0.364 e. The number of H-pyrrole nitrogens is 1. The Balaban J connectivity index is 1.97. The summed E-state index contributed by atoms with van der Waals surface area (Å²) in [7, 11) is 0. The molecule has 106 valence electrons. The van der Waals surface area contributed by atoms with Crippen LogP contribution in [0, 0.1) is 0 Å². The summed E-state index contributed by atoms with van der Waals surface area (Å²) in [5.74, 6) is 0.778. The first-order valence-electron chi connectivity index (χ1n) is 6.79. The maximum absolute atomic E-state index is 12.0. The zero-order chi connectivity index (χ0) is 14.1. The molecule has 1 fully saturated rings. The second kappa shape index (κ2) is 5.22. The fourth-order valence-corrected chi connectivity index (χ4v) is 2.75. The Morgan fingerprint density at radius 3 is 2.75 bits per heavy atom. The van der Waals surface area contributed by atoms with Crippen molar-refractivity contribution in [1.29, 1.82) is 0 Å². The number of rotatable bonds is 3. The van der Waals surface area contributed by atoms with Crippen molar-refractivity contribution in [3.05, 3.63) is 46.0 Å². The van der Waals surface area contributed by atoms with Gasteiger partial charge < -0.3 is 10.2 Å². The molecule has 0 saturated heterocycles. The molecule has 0 bridgehead atoms. The third-order valence-corrected chi connectivity index (χ3v) is 3.83. The minimum Gasteiger partial charge on any atom is -0.364 e. The van der Waals surface area contributed by atoms with Crippen LogP contribution in [0.15, 0.2) is 29.2 Å². The summed E-state index contributed by atoms with van der Waals surface area (Å²) >= 11 is 0. The van der Waals surface area contributed by atoms with Crippen molar-refractivity contribution in [2.24, 2.45) is 0 Å². The molecule has 0 spiro atoms. The van der Waals surface area contributed by atoms with Gasteiger partial charge in [0.05, 0.1) is 0 Å². The summed E-state index contributed by atoms with van der Waals surface area (Å²) in [5.41, 5.74) is 1.06. The summed E-state index contributed by atoms with van der Waals surface area (Å²) < 4.78 is 1.35. The number of aromatic nitrogens is 3. The van der Waals surface area contributed by atoms with Crippen LogP contribution in [0.1, 0.15) is 49.1 Å². The number of aromatic amines is 1. The molecule has 0 aliphatic heterocycles. The normalized spacial score (nSPS) is 16.1. The molecule has 1 aliphatic carbocycles. The number of pyridine rings is 1. The lowest BCUT2D eigenvalue weighted by Gasteiger charge is -2.08. The van der Waals surface area contributed by atoms with E-state index in [1.54, 1.807) is 6.07 Å². The predicted molar refractivity (Wildman–Crippen MR) is 72.6 cm³/mol. The van der Waals surface area contributed by atoms with Crippen LogP contribution < -0.4 is 5.56 Å². The van der Waals surface area contributed by atoms with Gasteiger partial charge in [-0.25, -0.2) is 9.67 Å². The molecule has 20 heavy (non-hydrogen) atoms. The Morgan fingerprint density at radius 2 is 2.05 bits per heavy atom. The highest BCUT2D eigenvalue weighted by Crippen LogP contribution is 2.32. The van der Waals surface area contributed by atoms with Crippen LogP contribution in [0.5, 0.6) is 0 Å². The van der Waals surface area contributed by atoms with Crippen LogP contribution in [0.25, 0.3) is 5.82 Å². The van der Waals surface area contributed by atoms with E-state index in [0.29, 0.717) is 17.3 Å². The Bertz CT molecular complexity index is 654. The molecule has 3 N–H and O–H groups in total. The maximum atomic E-state index is 12.0. The SMILES string of the molecule is O=c1cc(C2CCCC2)[nH]n1-c1cc(C(O)O)ccn1. The molecule has 2 aromatic rings. The number of aliphatic hydroxyl groups is 2. The molecule has 2 aromatic heterocycles. The highest BCUT2D eigenvalue weighted by atomic mass is 16.5. The minimum atomic E-state index is -1.57. The summed E-state index contributed by atoms with van der Waals surface area (Å²) in [6.45, 7) is 0. The van der Waals surface area contributed by atoms with Crippen LogP contribution in [0.2, 0.25) is 0 Å². The molecular weight excluding hydrogens is 258 g/mol. The minimum absolute atomic E-state index is 0.177. The zero-order valence-electron chi connectivity index (χ0n) is 11.0. The van der Waals surface area contributed by atoms with Gasteiger partial charge in [0.1, 0.15) is 0 Å². The van der Waals surface area contributed by atoms with Gasteiger partial charge in [-0.2, -0.15) is 0 Å². The molecular formula is C14H17N3O3. The fraction of sp³-hybridized carbons (Fsp3) is 0.429. The molecule has 3 rings (SSSR count). The molecule has 0 aromatic carbocycles. The van der Waals surface area contributed by atoms with Gasteiger partial charge in [-0.05, 0) is 25.0 Å². The number of nitrogens with zero attached hydrogens (tertiary/aromatic N) is 2. The highest BCUT2D eigenvalue weighted by Gasteiger charge is 2.20. The van der Waals surface area contributed by atoms with Gasteiger partial charge in [0.25, 0.3) is 5.56 Å². The van der Waals surface area contributed by atoms with Crippen LogP contribution in [0.4, 0.5) is 0 Å². The Morgan fingerprint density at radius 1 is 1.30 bits per heavy atom. The van der Waals surface area contributed by atoms with Gasteiger partial charge in [-0.1, -0.05) is 12.8 Å². The second-order valence-electron chi connectivity index (χ2n) is 5.19. The van der Waals surface area contributed by atoms with Gasteiger partial charge >= 0.3 is 0 Å². The zero-order valence-corrected chi connectivity index (χ0v) is 11.0. The van der Waals surface area contributed by atoms with Crippen LogP contribution in [-0.2, 0) is 0 Å². The van der Waals surface area contributed by atoms with Crippen molar-refractivity contribution >= 4 is 0 Å². The van der Waals surface area contributed by atoms with E-state index in [0.717, 1.165) is 18.5 Å². The van der Waals surface area contributed by atoms with Crippen LogP contribution in [-0.4, -0.2) is 25.0 Å². The molecule has 0 radical (unpaired) electrons. The topological polar surface area (TPSA) is 91.1 Å². The number of nitrogens with one attached hydrogen (secondary N) is 1. The first-order chi connectivity index (χ1) is 9.65. The molecule has 1 aliphatic rings. The van der Waals surface area contributed by atoms with Crippen molar-refractivity contribution < 1.29 is 10.2 Å². The molecule has 2 heterocycles. The maximum Gasteiger partial charge on any atom is 0.272 e. The molecule has 0 unspecified atom stereocenters. The molecule has 6 heteroatoms. The van der Waals surface area contributed by atoms with E-state index in [2.05, 4.69) is 10.1 Å². The summed E-state index contributed by atoms with van der Waals surface area (Å²) in [4.78, 5) is 16.1.